The second kappa shape index (κ2) is 50.7. The van der Waals surface area contributed by atoms with Gasteiger partial charge < -0.3 is 9.79 Å². The van der Waals surface area contributed by atoms with E-state index in [2.05, 4.69) is 41.5 Å². The molecule has 4 heteroatoms. The highest BCUT2D eigenvalue weighted by Gasteiger charge is 2.55. The van der Waals surface area contributed by atoms with E-state index in [9.17, 15) is 14.4 Å². The Bertz CT molecular complexity index is 961. The summed E-state index contributed by atoms with van der Waals surface area (Å²) >= 11 is 0. The summed E-state index contributed by atoms with van der Waals surface area (Å²) in [6, 6.07) is 0. The maximum Gasteiger partial charge on any atom is 0.326 e. The van der Waals surface area contributed by atoms with Crippen LogP contribution in [-0.2, 0) is 4.57 Å². The van der Waals surface area contributed by atoms with Crippen molar-refractivity contribution in [2.45, 2.75) is 388 Å². The van der Waals surface area contributed by atoms with Gasteiger partial charge >= 0.3 is 7.60 Å². The molecular formula is C64H130O3P. The van der Waals surface area contributed by atoms with Gasteiger partial charge in [-0.15, -0.1) is 0 Å². The zero-order valence-corrected chi connectivity index (χ0v) is 49.0. The molecule has 2 N–H and O–H groups in total. The second-order valence-corrected chi connectivity index (χ2v) is 24.8. The van der Waals surface area contributed by atoms with Crippen LogP contribution in [0.2, 0.25) is 0 Å². The molecule has 0 aliphatic carbocycles. The van der Waals surface area contributed by atoms with Crippen LogP contribution in [-0.4, -0.2) is 15.9 Å². The summed E-state index contributed by atoms with van der Waals surface area (Å²) in [6.07, 6.45) is 70.3. The molecule has 0 fully saturated rings. The predicted molar refractivity (Wildman–Crippen MR) is 308 cm³/mol. The Hall–Kier alpha value is 0.150. The van der Waals surface area contributed by atoms with Crippen LogP contribution in [0.1, 0.15) is 388 Å². The minimum absolute atomic E-state index is 0.0803. The van der Waals surface area contributed by atoms with Crippen LogP contribution >= 0.6 is 7.60 Å². The maximum absolute atomic E-state index is 14.1. The highest BCUT2D eigenvalue weighted by molar-refractivity contribution is 7.51. The first-order valence-electron chi connectivity index (χ1n) is 32.1. The topological polar surface area (TPSA) is 57.5 Å². The van der Waals surface area contributed by atoms with E-state index in [-0.39, 0.29) is 17.0 Å². The quantitative estimate of drug-likeness (QED) is 0.0472. The van der Waals surface area contributed by atoms with E-state index in [0.29, 0.717) is 0 Å². The number of hydrogen-bond acceptors (Lipinski definition) is 1. The Kier molecular flexibility index (Phi) is 50.8. The molecule has 0 saturated carbocycles. The molecule has 0 unspecified atom stereocenters. The summed E-state index contributed by atoms with van der Waals surface area (Å²) in [4.78, 5) is 23.1. The molecule has 3 nitrogen and oxygen atoms in total. The number of rotatable bonds is 58. The van der Waals surface area contributed by atoms with Crippen molar-refractivity contribution in [3.05, 3.63) is 5.92 Å². The van der Waals surface area contributed by atoms with Crippen LogP contribution in [0.25, 0.3) is 0 Å². The normalized spacial score (nSPS) is 12.6. The van der Waals surface area contributed by atoms with Crippen LogP contribution in [0, 0.1) is 16.7 Å². The van der Waals surface area contributed by atoms with Crippen molar-refractivity contribution in [2.75, 3.05) is 6.16 Å². The van der Waals surface area contributed by atoms with E-state index in [4.69, 9.17) is 0 Å². The van der Waals surface area contributed by atoms with Crippen molar-refractivity contribution in [2.24, 2.45) is 10.8 Å². The van der Waals surface area contributed by atoms with E-state index in [0.717, 1.165) is 25.7 Å². The monoisotopic (exact) mass is 978 g/mol. The van der Waals surface area contributed by atoms with Crippen LogP contribution in [0.15, 0.2) is 0 Å². The van der Waals surface area contributed by atoms with Crippen molar-refractivity contribution >= 4 is 7.60 Å². The lowest BCUT2D eigenvalue weighted by atomic mass is 9.49. The van der Waals surface area contributed by atoms with Gasteiger partial charge in [0.05, 0.1) is 6.16 Å². The minimum atomic E-state index is -4.31. The summed E-state index contributed by atoms with van der Waals surface area (Å²) in [7, 11) is -4.31. The van der Waals surface area contributed by atoms with Crippen LogP contribution in [0.4, 0.5) is 0 Å². The summed E-state index contributed by atoms with van der Waals surface area (Å²) in [6.45, 7) is 13.9. The Morgan fingerprint density at radius 3 is 0.691 bits per heavy atom. The number of hydrogen-bond donors (Lipinski definition) is 2. The molecular weight excluding hydrogens is 848 g/mol. The summed E-state index contributed by atoms with van der Waals surface area (Å²) in [5.41, 5.74) is -0.405. The van der Waals surface area contributed by atoms with Crippen LogP contribution in [0.5, 0.6) is 0 Å². The smallest absolute Gasteiger partial charge is 0.324 e. The van der Waals surface area contributed by atoms with Gasteiger partial charge in [0.15, 0.2) is 0 Å². The lowest BCUT2D eigenvalue weighted by Gasteiger charge is -2.57. The number of unbranched alkanes of at least 4 members (excludes halogenated alkanes) is 42. The van der Waals surface area contributed by atoms with Crippen molar-refractivity contribution in [3.63, 3.8) is 0 Å². The Labute approximate surface area is 431 Å². The van der Waals surface area contributed by atoms with Gasteiger partial charge in [0.2, 0.25) is 0 Å². The second-order valence-electron chi connectivity index (χ2n) is 23.1. The van der Waals surface area contributed by atoms with Gasteiger partial charge in [-0.2, -0.15) is 0 Å². The molecule has 0 saturated heterocycles. The largest absolute Gasteiger partial charge is 0.326 e. The predicted octanol–water partition coefficient (Wildman–Crippen LogP) is 23.9. The molecule has 0 amide bonds. The van der Waals surface area contributed by atoms with Crippen molar-refractivity contribution < 1.29 is 14.4 Å². The molecule has 0 aromatic rings. The van der Waals surface area contributed by atoms with Crippen LogP contribution in [0.3, 0.4) is 0 Å². The van der Waals surface area contributed by atoms with Crippen molar-refractivity contribution in [1.29, 1.82) is 0 Å². The third-order valence-corrected chi connectivity index (χ3v) is 17.8. The molecule has 0 aromatic heterocycles. The fraction of sp³-hybridized carbons (Fsp3) is 0.984. The van der Waals surface area contributed by atoms with Crippen LogP contribution < -0.4 is 0 Å². The summed E-state index contributed by atoms with van der Waals surface area (Å²) < 4.78 is 14.1. The maximum atomic E-state index is 14.1. The first-order chi connectivity index (χ1) is 33.2. The lowest BCUT2D eigenvalue weighted by Crippen LogP contribution is -2.49. The molecule has 0 spiro atoms. The van der Waals surface area contributed by atoms with Gasteiger partial charge in [-0.3, -0.25) is 4.57 Å². The molecule has 0 aromatic carbocycles. The van der Waals surface area contributed by atoms with E-state index >= 15 is 0 Å². The standard InChI is InChI=1S/C64H130O3P/c1-7-13-19-25-31-37-43-49-55-62(56-50-44-38-32-26-20-14-8-2)64(59-53-47-41-35-29-23-17-11-5,60-54-48-42-36-30-24-18-12-6)63(61-68(65,66)67,57-51-45-39-33-27-21-15-9-3)58-52-46-40-34-28-22-16-10-4/h7-61H2,1-6H3,(H2,65,66,67). The molecule has 0 aliphatic heterocycles. The van der Waals surface area contributed by atoms with Gasteiger partial charge in [-0.05, 0) is 55.3 Å². The van der Waals surface area contributed by atoms with Gasteiger partial charge in [0.1, 0.15) is 0 Å². The Morgan fingerprint density at radius 2 is 0.471 bits per heavy atom. The first-order valence-corrected chi connectivity index (χ1v) is 33.9. The molecule has 0 aliphatic rings. The van der Waals surface area contributed by atoms with Gasteiger partial charge in [-0.25, -0.2) is 0 Å². The summed E-state index contributed by atoms with van der Waals surface area (Å²) in [5.74, 6) is 1.81. The van der Waals surface area contributed by atoms with Crippen molar-refractivity contribution in [3.8, 4) is 0 Å². The van der Waals surface area contributed by atoms with Gasteiger partial charge in [-0.1, -0.05) is 350 Å². The third kappa shape index (κ3) is 38.7. The fourth-order valence-electron chi connectivity index (χ4n) is 12.6. The lowest BCUT2D eigenvalue weighted by molar-refractivity contribution is 0.00724. The zero-order chi connectivity index (χ0) is 50.0. The van der Waals surface area contributed by atoms with E-state index < -0.39 is 7.60 Å². The van der Waals surface area contributed by atoms with E-state index in [1.165, 1.54) is 321 Å². The molecule has 409 valence electrons. The third-order valence-electron chi connectivity index (χ3n) is 16.8. The van der Waals surface area contributed by atoms with E-state index in [1.807, 2.05) is 5.92 Å². The minimum Gasteiger partial charge on any atom is -0.324 e. The van der Waals surface area contributed by atoms with E-state index in [1.54, 1.807) is 0 Å². The van der Waals surface area contributed by atoms with Gasteiger partial charge in [0.25, 0.3) is 0 Å². The molecule has 68 heavy (non-hydrogen) atoms. The average Bonchev–Trinajstić information content (AvgIpc) is 3.32. The average molecular weight is 979 g/mol. The molecule has 0 rings (SSSR count). The highest BCUT2D eigenvalue weighted by atomic mass is 31.2. The molecule has 0 bridgehead atoms. The van der Waals surface area contributed by atoms with Gasteiger partial charge in [0, 0.05) is 0 Å². The SMILES string of the molecule is CCCCCCCCCC[C](CCCCCCCCCC)C(CCCCCCCCCC)(CCCCCCCCCC)C(CCCCCCCCCC)(CCCCCCCCCC)CP(=O)(O)O. The fourth-order valence-corrected chi connectivity index (χ4v) is 14.0. The Balaban J connectivity index is 7.38. The van der Waals surface area contributed by atoms with Crippen molar-refractivity contribution in [1.82, 2.24) is 0 Å². The summed E-state index contributed by atoms with van der Waals surface area (Å²) in [5, 5.41) is 0. The molecule has 0 atom stereocenters. The molecule has 0 heterocycles. The molecule has 1 radical (unpaired) electrons. The first kappa shape index (κ1) is 68.2. The zero-order valence-electron chi connectivity index (χ0n) is 48.1. The highest BCUT2D eigenvalue weighted by Crippen LogP contribution is 2.65. The Morgan fingerprint density at radius 1 is 0.279 bits per heavy atom.